The Morgan fingerprint density at radius 3 is 2.85 bits per heavy atom. The average molecular weight is 357 g/mol. The first-order chi connectivity index (χ1) is 12.4. The summed E-state index contributed by atoms with van der Waals surface area (Å²) in [6, 6.07) is 9.71. The molecule has 1 aromatic heterocycles. The fourth-order valence-electron chi connectivity index (χ4n) is 2.92. The van der Waals surface area contributed by atoms with Crippen molar-refractivity contribution in [1.29, 1.82) is 0 Å². The number of aromatic nitrogens is 1. The Morgan fingerprint density at radius 2 is 2.12 bits per heavy atom. The van der Waals surface area contributed by atoms with E-state index in [1.165, 1.54) is 17.2 Å². The van der Waals surface area contributed by atoms with Crippen LogP contribution in [-0.4, -0.2) is 47.0 Å². The SMILES string of the molecule is CC1(C(N)=O)CN(C(=O)c2ccnc(Cc3ccccc3F)c2)CCO1. The van der Waals surface area contributed by atoms with Gasteiger partial charge in [-0.2, -0.15) is 0 Å². The van der Waals surface area contributed by atoms with Gasteiger partial charge in [-0.05, 0) is 30.7 Å². The Labute approximate surface area is 150 Å². The molecule has 1 unspecified atom stereocenters. The van der Waals surface area contributed by atoms with Crippen LogP contribution in [0.3, 0.4) is 0 Å². The van der Waals surface area contributed by atoms with Gasteiger partial charge < -0.3 is 15.4 Å². The fourth-order valence-corrected chi connectivity index (χ4v) is 2.92. The number of pyridine rings is 1. The van der Waals surface area contributed by atoms with Crippen LogP contribution in [0.4, 0.5) is 4.39 Å². The Balaban J connectivity index is 1.78. The van der Waals surface area contributed by atoms with Crippen LogP contribution in [0, 0.1) is 5.82 Å². The molecule has 1 aliphatic heterocycles. The molecule has 2 N–H and O–H groups in total. The molecule has 2 aromatic rings. The first-order valence-electron chi connectivity index (χ1n) is 8.30. The molecule has 0 aliphatic carbocycles. The molecule has 0 bridgehead atoms. The van der Waals surface area contributed by atoms with Crippen molar-refractivity contribution in [2.24, 2.45) is 5.73 Å². The highest BCUT2D eigenvalue weighted by molar-refractivity contribution is 5.95. The summed E-state index contributed by atoms with van der Waals surface area (Å²) < 4.78 is 19.3. The van der Waals surface area contributed by atoms with E-state index in [2.05, 4.69) is 4.98 Å². The van der Waals surface area contributed by atoms with Gasteiger partial charge in [0, 0.05) is 30.4 Å². The van der Waals surface area contributed by atoms with Gasteiger partial charge in [0.15, 0.2) is 5.60 Å². The summed E-state index contributed by atoms with van der Waals surface area (Å²) in [6.07, 6.45) is 1.81. The Kier molecular flexibility index (Phi) is 4.99. The number of benzene rings is 1. The number of ether oxygens (including phenoxy) is 1. The molecule has 2 amide bonds. The fraction of sp³-hybridized carbons (Fsp3) is 0.316. The van der Waals surface area contributed by atoms with Crippen molar-refractivity contribution < 1.29 is 18.7 Å². The van der Waals surface area contributed by atoms with Crippen LogP contribution in [0.1, 0.15) is 28.5 Å². The van der Waals surface area contributed by atoms with E-state index in [0.29, 0.717) is 23.4 Å². The maximum absolute atomic E-state index is 13.8. The molecule has 6 nitrogen and oxygen atoms in total. The van der Waals surface area contributed by atoms with Crippen molar-refractivity contribution in [3.05, 3.63) is 65.2 Å². The second-order valence-electron chi connectivity index (χ2n) is 6.47. The highest BCUT2D eigenvalue weighted by atomic mass is 19.1. The molecule has 0 radical (unpaired) electrons. The van der Waals surface area contributed by atoms with Crippen molar-refractivity contribution in [1.82, 2.24) is 9.88 Å². The highest BCUT2D eigenvalue weighted by Gasteiger charge is 2.39. The summed E-state index contributed by atoms with van der Waals surface area (Å²) in [4.78, 5) is 30.1. The standard InChI is InChI=1S/C19H20FN3O3/c1-19(18(21)25)12-23(8-9-26-19)17(24)14-6-7-22-15(11-14)10-13-4-2-3-5-16(13)20/h2-7,11H,8-10,12H2,1H3,(H2,21,25). The normalized spacial score (nSPS) is 20.0. The molecular weight excluding hydrogens is 337 g/mol. The van der Waals surface area contributed by atoms with Crippen LogP contribution in [0.5, 0.6) is 0 Å². The number of rotatable bonds is 4. The number of nitrogens with zero attached hydrogens (tertiary/aromatic N) is 2. The van der Waals surface area contributed by atoms with Gasteiger partial charge in [0.1, 0.15) is 5.82 Å². The molecule has 1 fully saturated rings. The van der Waals surface area contributed by atoms with Crippen molar-refractivity contribution in [2.75, 3.05) is 19.7 Å². The van der Waals surface area contributed by atoms with Crippen LogP contribution in [0.2, 0.25) is 0 Å². The average Bonchev–Trinajstić information content (AvgIpc) is 2.63. The molecule has 0 saturated carbocycles. The second kappa shape index (κ2) is 7.21. The Morgan fingerprint density at radius 1 is 1.35 bits per heavy atom. The lowest BCUT2D eigenvalue weighted by molar-refractivity contribution is -0.150. The van der Waals surface area contributed by atoms with Gasteiger partial charge in [-0.3, -0.25) is 14.6 Å². The summed E-state index contributed by atoms with van der Waals surface area (Å²) in [5, 5.41) is 0. The smallest absolute Gasteiger partial charge is 0.254 e. The van der Waals surface area contributed by atoms with E-state index in [0.717, 1.165) is 0 Å². The zero-order valence-electron chi connectivity index (χ0n) is 14.4. The van der Waals surface area contributed by atoms with E-state index < -0.39 is 11.5 Å². The topological polar surface area (TPSA) is 85.5 Å². The molecular formula is C19H20FN3O3. The van der Waals surface area contributed by atoms with Crippen LogP contribution in [0.25, 0.3) is 0 Å². The third-order valence-electron chi connectivity index (χ3n) is 4.48. The number of nitrogens with two attached hydrogens (primary N) is 1. The summed E-state index contributed by atoms with van der Waals surface area (Å²) in [7, 11) is 0. The van der Waals surface area contributed by atoms with Crippen molar-refractivity contribution >= 4 is 11.8 Å². The van der Waals surface area contributed by atoms with E-state index >= 15 is 0 Å². The van der Waals surface area contributed by atoms with E-state index in [9.17, 15) is 14.0 Å². The molecule has 136 valence electrons. The number of halogens is 1. The zero-order chi connectivity index (χ0) is 18.7. The van der Waals surface area contributed by atoms with Gasteiger partial charge in [-0.1, -0.05) is 18.2 Å². The molecule has 7 heteroatoms. The monoisotopic (exact) mass is 357 g/mol. The van der Waals surface area contributed by atoms with E-state index in [1.54, 1.807) is 37.3 Å². The molecule has 0 spiro atoms. The van der Waals surface area contributed by atoms with Crippen molar-refractivity contribution in [3.63, 3.8) is 0 Å². The van der Waals surface area contributed by atoms with Crippen molar-refractivity contribution in [2.45, 2.75) is 18.9 Å². The molecule has 3 rings (SSSR count). The van der Waals surface area contributed by atoms with Crippen LogP contribution in [-0.2, 0) is 16.0 Å². The summed E-state index contributed by atoms with van der Waals surface area (Å²) in [6.45, 7) is 2.27. The number of primary amides is 1. The largest absolute Gasteiger partial charge is 0.367 e. The minimum Gasteiger partial charge on any atom is -0.367 e. The lowest BCUT2D eigenvalue weighted by atomic mass is 10.0. The van der Waals surface area contributed by atoms with Crippen LogP contribution in [0.15, 0.2) is 42.6 Å². The molecule has 1 aromatic carbocycles. The van der Waals surface area contributed by atoms with Gasteiger partial charge in [0.2, 0.25) is 0 Å². The van der Waals surface area contributed by atoms with Crippen LogP contribution >= 0.6 is 0 Å². The molecule has 1 saturated heterocycles. The zero-order valence-corrected chi connectivity index (χ0v) is 14.4. The van der Waals surface area contributed by atoms with Gasteiger partial charge in [0.05, 0.1) is 13.2 Å². The number of hydrogen-bond donors (Lipinski definition) is 1. The molecule has 2 heterocycles. The predicted molar refractivity (Wildman–Crippen MR) is 92.9 cm³/mol. The lowest BCUT2D eigenvalue weighted by Gasteiger charge is -2.38. The second-order valence-corrected chi connectivity index (χ2v) is 6.47. The summed E-state index contributed by atoms with van der Waals surface area (Å²) >= 11 is 0. The molecule has 1 atom stereocenters. The summed E-state index contributed by atoms with van der Waals surface area (Å²) in [5.74, 6) is -1.15. The number of hydrogen-bond acceptors (Lipinski definition) is 4. The maximum atomic E-state index is 13.8. The highest BCUT2D eigenvalue weighted by Crippen LogP contribution is 2.20. The van der Waals surface area contributed by atoms with Gasteiger partial charge in [0.25, 0.3) is 11.8 Å². The maximum Gasteiger partial charge on any atom is 0.254 e. The van der Waals surface area contributed by atoms with Gasteiger partial charge in [-0.25, -0.2) is 4.39 Å². The third-order valence-corrected chi connectivity index (χ3v) is 4.48. The Hall–Kier alpha value is -2.80. The number of carbonyl (C=O) groups excluding carboxylic acids is 2. The minimum absolute atomic E-state index is 0.0894. The third kappa shape index (κ3) is 3.72. The molecule has 1 aliphatic rings. The number of carbonyl (C=O) groups is 2. The number of amides is 2. The van der Waals surface area contributed by atoms with E-state index in [-0.39, 0.29) is 31.3 Å². The molecule has 26 heavy (non-hydrogen) atoms. The minimum atomic E-state index is -1.20. The van der Waals surface area contributed by atoms with Crippen LogP contribution < -0.4 is 5.73 Å². The quantitative estimate of drug-likeness (QED) is 0.899. The van der Waals surface area contributed by atoms with Gasteiger partial charge in [-0.15, -0.1) is 0 Å². The first-order valence-corrected chi connectivity index (χ1v) is 8.30. The van der Waals surface area contributed by atoms with Gasteiger partial charge >= 0.3 is 0 Å². The lowest BCUT2D eigenvalue weighted by Crippen LogP contribution is -2.58. The number of morpholine rings is 1. The Bertz CT molecular complexity index is 842. The summed E-state index contributed by atoms with van der Waals surface area (Å²) in [5.41, 5.74) is 5.71. The van der Waals surface area contributed by atoms with E-state index in [1.807, 2.05) is 0 Å². The first kappa shape index (κ1) is 18.0. The van der Waals surface area contributed by atoms with E-state index in [4.69, 9.17) is 10.5 Å². The predicted octanol–water partition coefficient (Wildman–Crippen LogP) is 1.53. The van der Waals surface area contributed by atoms with Crippen molar-refractivity contribution in [3.8, 4) is 0 Å².